The number of likely N-dealkylation sites (tertiary alicyclic amines) is 1. The maximum Gasteiger partial charge on any atom is 0.257 e. The number of hydrogen-bond acceptors (Lipinski definition) is 4. The van der Waals surface area contributed by atoms with E-state index in [4.69, 9.17) is 4.74 Å². The number of carbonyl (C=O) groups is 2. The molecule has 1 saturated heterocycles. The van der Waals surface area contributed by atoms with Gasteiger partial charge in [-0.15, -0.1) is 0 Å². The second kappa shape index (κ2) is 6.45. The van der Waals surface area contributed by atoms with Crippen molar-refractivity contribution in [3.8, 4) is 11.8 Å². The van der Waals surface area contributed by atoms with Crippen molar-refractivity contribution in [2.45, 2.75) is 26.7 Å². The van der Waals surface area contributed by atoms with Crippen LogP contribution in [0, 0.1) is 33.8 Å². The van der Waals surface area contributed by atoms with Gasteiger partial charge in [0, 0.05) is 23.9 Å². The number of benzene rings is 1. The van der Waals surface area contributed by atoms with Crippen LogP contribution in [0.5, 0.6) is 5.75 Å². The van der Waals surface area contributed by atoms with E-state index in [-0.39, 0.29) is 16.9 Å². The Bertz CT molecular complexity index is 901. The number of allylic oxidation sites excluding steroid dienone is 1. The van der Waals surface area contributed by atoms with Crippen LogP contribution in [-0.4, -0.2) is 36.8 Å². The quantitative estimate of drug-likeness (QED) is 0.797. The van der Waals surface area contributed by atoms with Gasteiger partial charge >= 0.3 is 0 Å². The molecular formula is C20H20F2N2O3. The second-order valence-electron chi connectivity index (χ2n) is 7.84. The molecule has 0 radical (unpaired) electrons. The molecule has 2 aliphatic rings. The number of rotatable bonds is 2. The van der Waals surface area contributed by atoms with E-state index in [0.717, 1.165) is 6.07 Å². The van der Waals surface area contributed by atoms with Crippen LogP contribution >= 0.6 is 0 Å². The number of hydrogen-bond donors (Lipinski definition) is 0. The van der Waals surface area contributed by atoms with Gasteiger partial charge in [0.15, 0.2) is 17.3 Å². The Kier molecular flexibility index (Phi) is 4.54. The zero-order chi connectivity index (χ0) is 20.0. The lowest BCUT2D eigenvalue weighted by Crippen LogP contribution is -2.40. The number of amides is 1. The van der Waals surface area contributed by atoms with Gasteiger partial charge in [0.05, 0.1) is 18.2 Å². The van der Waals surface area contributed by atoms with E-state index in [1.54, 1.807) is 19.9 Å². The van der Waals surface area contributed by atoms with Crippen LogP contribution in [0.1, 0.15) is 37.0 Å². The highest BCUT2D eigenvalue weighted by Crippen LogP contribution is 2.48. The highest BCUT2D eigenvalue weighted by Gasteiger charge is 2.49. The van der Waals surface area contributed by atoms with Gasteiger partial charge in [-0.3, -0.25) is 9.59 Å². The molecule has 1 spiro atoms. The number of Topliss-reactive ketones (excluding diaryl/α,β-unsaturated/α-hetero) is 1. The molecule has 142 valence electrons. The van der Waals surface area contributed by atoms with Crippen LogP contribution in [0.25, 0.3) is 0 Å². The fourth-order valence-electron chi connectivity index (χ4n) is 4.23. The Balaban J connectivity index is 1.92. The van der Waals surface area contributed by atoms with Crippen molar-refractivity contribution in [3.63, 3.8) is 0 Å². The predicted octanol–water partition coefficient (Wildman–Crippen LogP) is 3.25. The molecule has 0 saturated carbocycles. The number of halogens is 2. The zero-order valence-electron chi connectivity index (χ0n) is 15.4. The van der Waals surface area contributed by atoms with Gasteiger partial charge in [0.2, 0.25) is 5.82 Å². The molecule has 0 N–H and O–H groups in total. The van der Waals surface area contributed by atoms with Crippen molar-refractivity contribution < 1.29 is 23.1 Å². The molecule has 1 atom stereocenters. The summed E-state index contributed by atoms with van der Waals surface area (Å²) in [6, 6.07) is 4.06. The van der Waals surface area contributed by atoms with E-state index in [9.17, 15) is 23.6 Å². The molecule has 0 bridgehead atoms. The van der Waals surface area contributed by atoms with Crippen LogP contribution < -0.4 is 4.74 Å². The fourth-order valence-corrected chi connectivity index (χ4v) is 4.23. The van der Waals surface area contributed by atoms with Gasteiger partial charge in [-0.2, -0.15) is 9.65 Å². The minimum atomic E-state index is -1.20. The van der Waals surface area contributed by atoms with Crippen molar-refractivity contribution in [2.75, 3.05) is 20.2 Å². The summed E-state index contributed by atoms with van der Waals surface area (Å²) < 4.78 is 32.3. The summed E-state index contributed by atoms with van der Waals surface area (Å²) >= 11 is 0. The number of ketones is 1. The Morgan fingerprint density at radius 3 is 2.67 bits per heavy atom. The Morgan fingerprint density at radius 2 is 2.04 bits per heavy atom. The SMILES string of the molecule is COc1c(C(=O)N2CC[C@@]3(C=C(C#N)C(=O)C(C)(C)C3)C2)ccc(F)c1F. The average Bonchev–Trinajstić information content (AvgIpc) is 3.02. The molecule has 1 fully saturated rings. The van der Waals surface area contributed by atoms with E-state index < -0.39 is 34.1 Å². The molecule has 0 aromatic heterocycles. The summed E-state index contributed by atoms with van der Waals surface area (Å²) in [5.74, 6) is -3.37. The van der Waals surface area contributed by atoms with Crippen molar-refractivity contribution in [3.05, 3.63) is 41.0 Å². The Hall–Kier alpha value is -2.75. The maximum atomic E-state index is 13.9. The van der Waals surface area contributed by atoms with E-state index in [0.29, 0.717) is 25.9 Å². The highest BCUT2D eigenvalue weighted by atomic mass is 19.2. The lowest BCUT2D eigenvalue weighted by Gasteiger charge is -2.38. The van der Waals surface area contributed by atoms with Crippen molar-refractivity contribution >= 4 is 11.7 Å². The largest absolute Gasteiger partial charge is 0.493 e. The van der Waals surface area contributed by atoms with Gasteiger partial charge in [-0.05, 0) is 25.0 Å². The van der Waals surface area contributed by atoms with Crippen molar-refractivity contribution in [2.24, 2.45) is 10.8 Å². The van der Waals surface area contributed by atoms with Crippen molar-refractivity contribution in [1.82, 2.24) is 4.90 Å². The van der Waals surface area contributed by atoms with E-state index in [1.165, 1.54) is 18.1 Å². The van der Waals surface area contributed by atoms with Crippen LogP contribution in [0.4, 0.5) is 8.78 Å². The van der Waals surface area contributed by atoms with E-state index in [2.05, 4.69) is 0 Å². The zero-order valence-corrected chi connectivity index (χ0v) is 15.4. The first kappa shape index (κ1) is 19.0. The third-order valence-electron chi connectivity index (χ3n) is 5.38. The molecule has 27 heavy (non-hydrogen) atoms. The maximum absolute atomic E-state index is 13.9. The lowest BCUT2D eigenvalue weighted by atomic mass is 9.64. The molecule has 1 aliphatic heterocycles. The first-order chi connectivity index (χ1) is 12.6. The fraction of sp³-hybridized carbons (Fsp3) is 0.450. The minimum Gasteiger partial charge on any atom is -0.493 e. The molecule has 0 unspecified atom stereocenters. The van der Waals surface area contributed by atoms with Crippen LogP contribution in [0.2, 0.25) is 0 Å². The monoisotopic (exact) mass is 374 g/mol. The first-order valence-corrected chi connectivity index (χ1v) is 8.63. The smallest absolute Gasteiger partial charge is 0.257 e. The van der Waals surface area contributed by atoms with E-state index in [1.807, 2.05) is 6.07 Å². The van der Waals surface area contributed by atoms with Gasteiger partial charge in [-0.25, -0.2) is 4.39 Å². The number of nitriles is 1. The summed E-state index contributed by atoms with van der Waals surface area (Å²) in [6.45, 7) is 4.28. The summed E-state index contributed by atoms with van der Waals surface area (Å²) in [4.78, 5) is 26.8. The molecule has 5 nitrogen and oxygen atoms in total. The Morgan fingerprint density at radius 1 is 1.33 bits per heavy atom. The molecular weight excluding hydrogens is 354 g/mol. The minimum absolute atomic E-state index is 0.0518. The molecule has 1 heterocycles. The van der Waals surface area contributed by atoms with Gasteiger partial charge in [-0.1, -0.05) is 19.9 Å². The molecule has 1 aromatic carbocycles. The number of nitrogens with zero attached hydrogens (tertiary/aromatic N) is 2. The summed E-state index contributed by atoms with van der Waals surface area (Å²) in [5, 5.41) is 9.30. The standard InChI is InChI=1S/C20H20F2N2O3/c1-19(2)10-20(8-12(9-23)17(19)25)6-7-24(11-20)18(26)13-4-5-14(21)15(22)16(13)27-3/h4-5,8H,6-7,10-11H2,1-3H3/t20-/m0/s1. The van der Waals surface area contributed by atoms with Gasteiger partial charge in [0.25, 0.3) is 5.91 Å². The van der Waals surface area contributed by atoms with Crippen LogP contribution in [0.3, 0.4) is 0 Å². The van der Waals surface area contributed by atoms with Crippen LogP contribution in [0.15, 0.2) is 23.8 Å². The van der Waals surface area contributed by atoms with Gasteiger partial charge in [0.1, 0.15) is 6.07 Å². The predicted molar refractivity (Wildman–Crippen MR) is 93.0 cm³/mol. The molecule has 7 heteroatoms. The number of ether oxygens (including phenoxy) is 1. The number of methoxy groups -OCH3 is 1. The summed E-state index contributed by atoms with van der Waals surface area (Å²) in [5.41, 5.74) is -1.11. The highest BCUT2D eigenvalue weighted by molar-refractivity contribution is 6.04. The average molecular weight is 374 g/mol. The normalized spacial score (nSPS) is 23.9. The Labute approximate surface area is 156 Å². The molecule has 1 aromatic rings. The number of carbonyl (C=O) groups excluding carboxylic acids is 2. The summed E-state index contributed by atoms with van der Waals surface area (Å²) in [6.07, 6.45) is 2.78. The lowest BCUT2D eigenvalue weighted by molar-refractivity contribution is -0.125. The first-order valence-electron chi connectivity index (χ1n) is 8.63. The van der Waals surface area contributed by atoms with E-state index >= 15 is 0 Å². The van der Waals surface area contributed by atoms with Crippen molar-refractivity contribution in [1.29, 1.82) is 5.26 Å². The molecule has 1 amide bonds. The molecule has 1 aliphatic carbocycles. The third-order valence-corrected chi connectivity index (χ3v) is 5.38. The summed E-state index contributed by atoms with van der Waals surface area (Å²) in [7, 11) is 1.18. The third kappa shape index (κ3) is 3.09. The molecule has 3 rings (SSSR count). The topological polar surface area (TPSA) is 70.4 Å². The second-order valence-corrected chi connectivity index (χ2v) is 7.84. The van der Waals surface area contributed by atoms with Gasteiger partial charge < -0.3 is 9.64 Å². The van der Waals surface area contributed by atoms with Crippen LogP contribution in [-0.2, 0) is 4.79 Å².